The zero-order valence-corrected chi connectivity index (χ0v) is 15.3. The summed E-state index contributed by atoms with van der Waals surface area (Å²) in [6, 6.07) is 1.67. The molecule has 8 nitrogen and oxygen atoms in total. The van der Waals surface area contributed by atoms with Gasteiger partial charge in [0.1, 0.15) is 11.5 Å². The Morgan fingerprint density at radius 3 is 2.50 bits per heavy atom. The van der Waals surface area contributed by atoms with E-state index in [0.29, 0.717) is 6.08 Å². The maximum atomic E-state index is 13.5. The second kappa shape index (κ2) is 8.67. The monoisotopic (exact) mass is 444 g/mol. The summed E-state index contributed by atoms with van der Waals surface area (Å²) >= 11 is 0. The third-order valence-corrected chi connectivity index (χ3v) is 3.66. The van der Waals surface area contributed by atoms with Crippen LogP contribution < -0.4 is 14.8 Å². The van der Waals surface area contributed by atoms with Gasteiger partial charge >= 0.3 is 18.5 Å². The molecule has 1 aromatic carbocycles. The van der Waals surface area contributed by atoms with Gasteiger partial charge < -0.3 is 24.3 Å². The van der Waals surface area contributed by atoms with Gasteiger partial charge in [-0.05, 0) is 30.2 Å². The molecule has 0 aromatic heterocycles. The van der Waals surface area contributed by atoms with Gasteiger partial charge in [0.05, 0.1) is 5.57 Å². The van der Waals surface area contributed by atoms with E-state index in [1.807, 2.05) is 0 Å². The van der Waals surface area contributed by atoms with Crippen LogP contribution in [0.5, 0.6) is 11.5 Å². The van der Waals surface area contributed by atoms with Crippen molar-refractivity contribution in [1.82, 2.24) is 0 Å². The van der Waals surface area contributed by atoms with Crippen LogP contribution in [0.25, 0.3) is 6.08 Å². The summed E-state index contributed by atoms with van der Waals surface area (Å²) in [5, 5.41) is 13.6. The summed E-state index contributed by atoms with van der Waals surface area (Å²) in [5.41, 5.74) is -1.30. The maximum absolute atomic E-state index is 13.5. The molecule has 2 atom stereocenters. The van der Waals surface area contributed by atoms with Crippen molar-refractivity contribution in [1.29, 1.82) is 0 Å². The summed E-state index contributed by atoms with van der Waals surface area (Å²) in [6.07, 6.45) is -13.7. The second-order valence-electron chi connectivity index (χ2n) is 5.80. The Morgan fingerprint density at radius 2 is 1.97 bits per heavy atom. The summed E-state index contributed by atoms with van der Waals surface area (Å²) in [6.45, 7) is 2.54. The molecule has 1 N–H and O–H groups in total. The van der Waals surface area contributed by atoms with Crippen molar-refractivity contribution in [2.24, 2.45) is 5.28 Å². The fourth-order valence-electron chi connectivity index (χ4n) is 2.56. The number of ether oxygens (including phenoxy) is 3. The lowest BCUT2D eigenvalue weighted by Crippen LogP contribution is -2.56. The highest BCUT2D eigenvalue weighted by Gasteiger charge is 2.49. The Balaban J connectivity index is 2.49. The molecule has 2 rings (SSSR count). The number of fused-ring (bicyclic) bond motifs is 1. The van der Waals surface area contributed by atoms with E-state index in [2.05, 4.69) is 19.6 Å². The van der Waals surface area contributed by atoms with E-state index in [1.165, 1.54) is 6.92 Å². The van der Waals surface area contributed by atoms with Gasteiger partial charge in [0.25, 0.3) is 6.29 Å². The molecule has 0 bridgehead atoms. The fourth-order valence-corrected chi connectivity index (χ4v) is 2.56. The minimum atomic E-state index is -5.06. The Hall–Kier alpha value is -3.19. The first-order valence-corrected chi connectivity index (χ1v) is 8.17. The van der Waals surface area contributed by atoms with Crippen molar-refractivity contribution >= 4 is 12.0 Å². The van der Waals surface area contributed by atoms with Gasteiger partial charge in [-0.25, -0.2) is 4.79 Å². The normalized spacial score (nSPS) is 17.6. The molecular weight excluding hydrogens is 430 g/mol. The molecule has 0 radical (unpaired) electrons. The number of hydrogen-bond donors (Lipinski definition) is 1. The van der Waals surface area contributed by atoms with E-state index < -0.39 is 42.2 Å². The summed E-state index contributed by atoms with van der Waals surface area (Å²) in [4.78, 5) is 16.5. The Morgan fingerprint density at radius 1 is 1.30 bits per heavy atom. The minimum absolute atomic E-state index is 0.00156. The molecule has 30 heavy (non-hydrogen) atoms. The van der Waals surface area contributed by atoms with E-state index in [-0.39, 0.29) is 23.3 Å². The van der Waals surface area contributed by atoms with Crippen LogP contribution in [-0.4, -0.2) is 30.9 Å². The van der Waals surface area contributed by atoms with Crippen molar-refractivity contribution in [3.63, 3.8) is 0 Å². The topological polar surface area (TPSA) is 103 Å². The zero-order valence-electron chi connectivity index (χ0n) is 15.3. The predicted octanol–water partition coefficient (Wildman–Crippen LogP) is 2.71. The van der Waals surface area contributed by atoms with Crippen LogP contribution in [0.3, 0.4) is 0 Å². The van der Waals surface area contributed by atoms with Crippen LogP contribution in [0.2, 0.25) is 0 Å². The number of aryl methyl sites for hydroxylation is 1. The average Bonchev–Trinajstić information content (AvgIpc) is 2.62. The third kappa shape index (κ3) is 5.67. The third-order valence-electron chi connectivity index (χ3n) is 3.66. The van der Waals surface area contributed by atoms with Crippen molar-refractivity contribution in [2.45, 2.75) is 45.2 Å². The minimum Gasteiger partial charge on any atom is -0.599 e. The molecule has 1 unspecified atom stereocenters. The van der Waals surface area contributed by atoms with Crippen molar-refractivity contribution in [2.75, 3.05) is 0 Å². The van der Waals surface area contributed by atoms with Crippen LogP contribution in [0.1, 0.15) is 25.0 Å². The van der Waals surface area contributed by atoms with E-state index in [4.69, 9.17) is 4.74 Å². The van der Waals surface area contributed by atoms with Crippen molar-refractivity contribution < 1.29 is 55.5 Å². The predicted molar refractivity (Wildman–Crippen MR) is 84.3 cm³/mol. The molecular formula is C16H14F6N2O6. The highest BCUT2D eigenvalue weighted by atomic mass is 19.4. The molecule has 0 fully saturated rings. The molecule has 1 heterocycles. The fraction of sp³-hybridized carbons (Fsp3) is 0.438. The summed E-state index contributed by atoms with van der Waals surface area (Å²) in [5.74, 6) is -2.59. The Kier molecular flexibility index (Phi) is 6.67. The number of nitrogens with zero attached hydrogens (tertiary/aromatic N) is 1. The highest BCUT2D eigenvalue weighted by molar-refractivity contribution is 5.96. The summed E-state index contributed by atoms with van der Waals surface area (Å²) < 4.78 is 91.4. The Labute approximate surface area is 164 Å². The van der Waals surface area contributed by atoms with Gasteiger partial charge in [0.2, 0.25) is 11.4 Å². The number of carbonyl (C=O) groups is 1. The van der Waals surface area contributed by atoms with Crippen LogP contribution in [0.4, 0.5) is 26.3 Å². The van der Waals surface area contributed by atoms with Gasteiger partial charge in [-0.2, -0.15) is 13.2 Å². The number of carbonyl (C=O) groups excluding carboxylic acids is 1. The largest absolute Gasteiger partial charge is 0.599 e. The first-order chi connectivity index (χ1) is 13.9. The molecule has 1 aliphatic heterocycles. The molecule has 0 amide bonds. The van der Waals surface area contributed by atoms with E-state index in [9.17, 15) is 36.3 Å². The smallest absolute Gasteiger partial charge is 0.573 e. The van der Waals surface area contributed by atoms with E-state index in [1.54, 1.807) is 0 Å². The van der Waals surface area contributed by atoms with Gasteiger partial charge in [0, 0.05) is 12.5 Å². The molecule has 1 aromatic rings. The van der Waals surface area contributed by atoms with Crippen molar-refractivity contribution in [3.8, 4) is 11.5 Å². The number of benzene rings is 1. The van der Waals surface area contributed by atoms with Gasteiger partial charge in [0.15, 0.2) is 0 Å². The number of esters is 1. The lowest BCUT2D eigenvalue weighted by molar-refractivity contribution is -0.503. The van der Waals surface area contributed by atoms with Crippen LogP contribution in [0, 0.1) is 5.21 Å². The van der Waals surface area contributed by atoms with E-state index >= 15 is 0 Å². The Bertz CT molecular complexity index is 852. The maximum Gasteiger partial charge on any atom is 0.573 e. The molecule has 0 saturated carbocycles. The standard InChI is InChI=1S/C16H14F6N2O6/c1-3-8-4-10(29-16(20,21)22)5-9-6-11(13(15(17,18)19)28-12(8)9)14(25)27-7(2)30-24-23-26/h4-7,13,23H,3H2,1-2H3/t7?,13-/m0/s1. The number of hydrogen-bond acceptors (Lipinski definition) is 7. The van der Waals surface area contributed by atoms with Gasteiger partial charge in [-0.1, -0.05) is 12.2 Å². The molecule has 166 valence electrons. The van der Waals surface area contributed by atoms with Gasteiger partial charge in [-0.15, -0.1) is 13.2 Å². The lowest BCUT2D eigenvalue weighted by atomic mass is 9.97. The zero-order chi connectivity index (χ0) is 22.7. The second-order valence-corrected chi connectivity index (χ2v) is 5.80. The lowest BCUT2D eigenvalue weighted by Gasteiger charge is -2.29. The number of alkyl halides is 6. The molecule has 0 saturated heterocycles. The van der Waals surface area contributed by atoms with E-state index in [0.717, 1.165) is 24.3 Å². The number of halogens is 6. The average molecular weight is 444 g/mol. The van der Waals surface area contributed by atoms with Crippen LogP contribution in [0.15, 0.2) is 23.0 Å². The highest BCUT2D eigenvalue weighted by Crippen LogP contribution is 2.42. The van der Waals surface area contributed by atoms with Crippen LogP contribution in [-0.2, 0) is 20.8 Å². The molecule has 1 aliphatic rings. The molecule has 14 heteroatoms. The van der Waals surface area contributed by atoms with Crippen molar-refractivity contribution in [3.05, 3.63) is 34.0 Å². The molecule has 0 spiro atoms. The quantitative estimate of drug-likeness (QED) is 0.238. The number of rotatable bonds is 6. The SMILES string of the molecule is CCc1cc(OC(F)(F)F)cc2c1O[C@H](C(F)(F)F)C(C(=O)OC(C)O/N=[NH+]\[O-])=C2. The summed E-state index contributed by atoms with van der Waals surface area (Å²) in [7, 11) is 0. The number of nitrogens with one attached hydrogen (secondary N) is 1. The molecule has 0 aliphatic carbocycles. The first kappa shape index (κ1) is 23.1. The van der Waals surface area contributed by atoms with Crippen LogP contribution >= 0.6 is 0 Å². The van der Waals surface area contributed by atoms with Gasteiger partial charge in [-0.3, -0.25) is 0 Å². The first-order valence-electron chi connectivity index (χ1n) is 8.17.